The molecule has 6 rings (SSSR count). The molecule has 0 saturated heterocycles. The zero-order valence-electron chi connectivity index (χ0n) is 16.8. The van der Waals surface area contributed by atoms with Gasteiger partial charge >= 0.3 is 6.18 Å². The van der Waals surface area contributed by atoms with Gasteiger partial charge < -0.3 is 4.98 Å². The first-order chi connectivity index (χ1) is 16.3. The predicted octanol–water partition coefficient (Wildman–Crippen LogP) is 4.64. The number of benzene rings is 1. The number of nitrogens with one attached hydrogen (secondary N) is 1. The van der Waals surface area contributed by atoms with Crippen LogP contribution in [-0.4, -0.2) is 34.3 Å². The molecule has 1 N–H and O–H groups in total. The second-order valence-electron chi connectivity index (χ2n) is 7.48. The van der Waals surface area contributed by atoms with E-state index in [4.69, 9.17) is 0 Å². The SMILES string of the molecule is N#Cc1cnn2cc(-c3cnc4[nH]c5ccc(F)cc5c4c3-n3ccc(C(F)(F)F)n3)cnc12. The zero-order chi connectivity index (χ0) is 23.6. The molecular formula is C22H10F4N8. The van der Waals surface area contributed by atoms with Gasteiger partial charge in [0.1, 0.15) is 23.1 Å². The molecule has 34 heavy (non-hydrogen) atoms. The molecular weight excluding hydrogens is 452 g/mol. The number of hydrogen-bond acceptors (Lipinski definition) is 5. The third-order valence-electron chi connectivity index (χ3n) is 5.45. The van der Waals surface area contributed by atoms with Gasteiger partial charge in [0.05, 0.1) is 17.3 Å². The smallest absolute Gasteiger partial charge is 0.339 e. The summed E-state index contributed by atoms with van der Waals surface area (Å²) in [6.07, 6.45) is 2.42. The van der Waals surface area contributed by atoms with E-state index in [0.717, 1.165) is 10.7 Å². The molecule has 1 aromatic carbocycles. The number of aromatic nitrogens is 7. The largest absolute Gasteiger partial charge is 0.435 e. The lowest BCUT2D eigenvalue weighted by molar-refractivity contribution is -0.141. The van der Waals surface area contributed by atoms with Crippen LogP contribution in [0.1, 0.15) is 11.3 Å². The summed E-state index contributed by atoms with van der Waals surface area (Å²) in [5.41, 5.74) is 1.54. The first kappa shape index (κ1) is 19.9. The zero-order valence-corrected chi connectivity index (χ0v) is 16.8. The number of nitrogens with zero attached hydrogens (tertiary/aromatic N) is 7. The highest BCUT2D eigenvalue weighted by molar-refractivity contribution is 6.12. The summed E-state index contributed by atoms with van der Waals surface area (Å²) in [7, 11) is 0. The van der Waals surface area contributed by atoms with Crippen molar-refractivity contribution in [2.45, 2.75) is 6.18 Å². The third kappa shape index (κ3) is 2.91. The van der Waals surface area contributed by atoms with Crippen LogP contribution < -0.4 is 0 Å². The van der Waals surface area contributed by atoms with E-state index in [0.29, 0.717) is 38.7 Å². The van der Waals surface area contributed by atoms with Gasteiger partial charge in [-0.3, -0.25) is 0 Å². The van der Waals surface area contributed by atoms with Crippen molar-refractivity contribution in [2.75, 3.05) is 0 Å². The number of fused-ring (bicyclic) bond motifs is 4. The van der Waals surface area contributed by atoms with E-state index in [2.05, 4.69) is 25.1 Å². The molecule has 0 aliphatic heterocycles. The Kier molecular flexibility index (Phi) is 4.00. The molecule has 5 heterocycles. The van der Waals surface area contributed by atoms with Crippen LogP contribution in [0.3, 0.4) is 0 Å². The van der Waals surface area contributed by atoms with Gasteiger partial charge in [0.2, 0.25) is 0 Å². The van der Waals surface area contributed by atoms with Crippen molar-refractivity contribution in [1.82, 2.24) is 34.3 Å². The molecule has 6 aromatic rings. The summed E-state index contributed by atoms with van der Waals surface area (Å²) in [4.78, 5) is 11.8. The number of aromatic amines is 1. The summed E-state index contributed by atoms with van der Waals surface area (Å²) >= 11 is 0. The van der Waals surface area contributed by atoms with Crippen molar-refractivity contribution in [3.05, 3.63) is 72.3 Å². The molecule has 8 nitrogen and oxygen atoms in total. The maximum Gasteiger partial charge on any atom is 0.435 e. The Hall–Kier alpha value is -4.79. The molecule has 12 heteroatoms. The summed E-state index contributed by atoms with van der Waals surface area (Å²) in [5.74, 6) is -0.509. The second-order valence-corrected chi connectivity index (χ2v) is 7.48. The van der Waals surface area contributed by atoms with Crippen molar-refractivity contribution >= 4 is 27.6 Å². The molecule has 0 fully saturated rings. The van der Waals surface area contributed by atoms with E-state index in [1.807, 2.05) is 6.07 Å². The second kappa shape index (κ2) is 6.85. The molecule has 0 bridgehead atoms. The van der Waals surface area contributed by atoms with Crippen LogP contribution in [0.15, 0.2) is 55.2 Å². The van der Waals surface area contributed by atoms with Gasteiger partial charge in [0, 0.05) is 46.8 Å². The van der Waals surface area contributed by atoms with E-state index >= 15 is 0 Å². The number of halogens is 4. The number of rotatable bonds is 2. The molecule has 0 aliphatic carbocycles. The number of H-pyrrole nitrogens is 1. The van der Waals surface area contributed by atoms with Gasteiger partial charge in [-0.05, 0) is 24.3 Å². The molecule has 0 amide bonds. The topological polar surface area (TPSA) is 100 Å². The normalized spacial score (nSPS) is 12.1. The summed E-state index contributed by atoms with van der Waals surface area (Å²) < 4.78 is 56.6. The highest BCUT2D eigenvalue weighted by atomic mass is 19.4. The third-order valence-corrected chi connectivity index (χ3v) is 5.45. The van der Waals surface area contributed by atoms with Gasteiger partial charge in [0.25, 0.3) is 0 Å². The maximum absolute atomic E-state index is 14.1. The van der Waals surface area contributed by atoms with Gasteiger partial charge in [-0.25, -0.2) is 23.6 Å². The standard InChI is InChI=1S/C22H10F4N8/c23-13-1-2-16-14(5-13)18-19(33-4-3-17(32-33)22(24,25)26)15(9-28-20(18)31-16)12-7-29-21-11(6-27)8-30-34(21)10-12/h1-5,7-10H,(H,28,31). The monoisotopic (exact) mass is 462 g/mol. The van der Waals surface area contributed by atoms with Gasteiger partial charge in [-0.1, -0.05) is 0 Å². The average molecular weight is 462 g/mol. The van der Waals surface area contributed by atoms with Crippen LogP contribution in [0.2, 0.25) is 0 Å². The van der Waals surface area contributed by atoms with Crippen LogP contribution >= 0.6 is 0 Å². The Morgan fingerprint density at radius 1 is 1.06 bits per heavy atom. The molecule has 0 aliphatic rings. The number of hydrogen-bond donors (Lipinski definition) is 1. The molecule has 5 aromatic heterocycles. The maximum atomic E-state index is 14.1. The van der Waals surface area contributed by atoms with Gasteiger partial charge in [0.15, 0.2) is 11.3 Å². The van der Waals surface area contributed by atoms with Crippen molar-refractivity contribution < 1.29 is 17.6 Å². The molecule has 0 spiro atoms. The average Bonchev–Trinajstić information content (AvgIpc) is 3.54. The fourth-order valence-corrected chi connectivity index (χ4v) is 3.95. The van der Waals surface area contributed by atoms with E-state index in [1.165, 1.54) is 47.5 Å². The number of alkyl halides is 3. The van der Waals surface area contributed by atoms with Crippen molar-refractivity contribution in [3.63, 3.8) is 0 Å². The van der Waals surface area contributed by atoms with Gasteiger partial charge in [-0.2, -0.15) is 28.6 Å². The Morgan fingerprint density at radius 2 is 1.91 bits per heavy atom. The molecule has 0 saturated carbocycles. The summed E-state index contributed by atoms with van der Waals surface area (Å²) in [6.45, 7) is 0. The fourth-order valence-electron chi connectivity index (χ4n) is 3.95. The van der Waals surface area contributed by atoms with Crippen LogP contribution in [0.5, 0.6) is 0 Å². The van der Waals surface area contributed by atoms with Crippen LogP contribution in [0.25, 0.3) is 44.4 Å². The lowest BCUT2D eigenvalue weighted by Crippen LogP contribution is -2.08. The fraction of sp³-hybridized carbons (Fsp3) is 0.0455. The lowest BCUT2D eigenvalue weighted by atomic mass is 10.0. The number of pyridine rings is 1. The highest BCUT2D eigenvalue weighted by Gasteiger charge is 2.34. The van der Waals surface area contributed by atoms with Gasteiger partial charge in [-0.15, -0.1) is 0 Å². The molecule has 0 unspecified atom stereocenters. The minimum Gasteiger partial charge on any atom is -0.339 e. The van der Waals surface area contributed by atoms with Crippen molar-refractivity contribution in [3.8, 4) is 22.9 Å². The first-order valence-electron chi connectivity index (χ1n) is 9.80. The Balaban J connectivity index is 1.70. The van der Waals surface area contributed by atoms with Crippen LogP contribution in [-0.2, 0) is 6.18 Å². The molecule has 0 atom stereocenters. The summed E-state index contributed by atoms with van der Waals surface area (Å²) in [5, 5.41) is 17.9. The Bertz CT molecular complexity index is 1780. The lowest BCUT2D eigenvalue weighted by Gasteiger charge is -2.12. The van der Waals surface area contributed by atoms with E-state index in [9.17, 15) is 22.8 Å². The first-order valence-corrected chi connectivity index (χ1v) is 9.80. The van der Waals surface area contributed by atoms with Crippen LogP contribution in [0, 0.1) is 17.1 Å². The molecule has 0 radical (unpaired) electrons. The van der Waals surface area contributed by atoms with E-state index < -0.39 is 17.7 Å². The Morgan fingerprint density at radius 3 is 2.68 bits per heavy atom. The number of nitriles is 1. The predicted molar refractivity (Wildman–Crippen MR) is 112 cm³/mol. The minimum atomic E-state index is -4.65. The van der Waals surface area contributed by atoms with E-state index in [1.54, 1.807) is 6.20 Å². The quantitative estimate of drug-likeness (QED) is 0.378. The Labute approximate surface area is 186 Å². The van der Waals surface area contributed by atoms with Crippen molar-refractivity contribution in [2.24, 2.45) is 0 Å². The summed E-state index contributed by atoms with van der Waals surface area (Å²) in [6, 6.07) is 6.94. The molecule has 166 valence electrons. The van der Waals surface area contributed by atoms with E-state index in [-0.39, 0.29) is 11.3 Å². The van der Waals surface area contributed by atoms with Crippen LogP contribution in [0.4, 0.5) is 17.6 Å². The van der Waals surface area contributed by atoms with Crippen molar-refractivity contribution in [1.29, 1.82) is 5.26 Å². The minimum absolute atomic E-state index is 0.256. The highest BCUT2D eigenvalue weighted by Crippen LogP contribution is 2.37.